The van der Waals surface area contributed by atoms with Crippen LogP contribution in [0.2, 0.25) is 0 Å². The van der Waals surface area contributed by atoms with Crippen molar-refractivity contribution in [3.63, 3.8) is 0 Å². The number of amides is 1. The summed E-state index contributed by atoms with van der Waals surface area (Å²) < 4.78 is 7.46. The van der Waals surface area contributed by atoms with Crippen LogP contribution < -0.4 is 10.2 Å². The van der Waals surface area contributed by atoms with Crippen LogP contribution in [-0.4, -0.2) is 52.7 Å². The highest BCUT2D eigenvalue weighted by Crippen LogP contribution is 2.24. The van der Waals surface area contributed by atoms with Gasteiger partial charge in [-0.15, -0.1) is 10.2 Å². The first-order chi connectivity index (χ1) is 15.6. The van der Waals surface area contributed by atoms with Crippen LogP contribution in [-0.2, 0) is 22.6 Å². The maximum absolute atomic E-state index is 12.4. The molecule has 8 heteroatoms. The van der Waals surface area contributed by atoms with E-state index in [0.29, 0.717) is 12.3 Å². The number of carbonyl (C=O) groups is 1. The number of hydrogen-bond donors (Lipinski definition) is 1. The molecular formula is C24H29N5O2S. The summed E-state index contributed by atoms with van der Waals surface area (Å²) in [4.78, 5) is 14.7. The van der Waals surface area contributed by atoms with Crippen LogP contribution in [0.3, 0.4) is 0 Å². The SMILES string of the molecule is CCn1c(SCC(=O)NCc2ccc(N3CCOCC3)cc2)nnc1-c1cccc(C)c1. The number of carbonyl (C=O) groups excluding carboxylic acids is 1. The van der Waals surface area contributed by atoms with Crippen molar-refractivity contribution in [2.45, 2.75) is 32.1 Å². The minimum atomic E-state index is -0.0185. The third-order valence-corrected chi connectivity index (χ3v) is 6.41. The van der Waals surface area contributed by atoms with E-state index in [1.54, 1.807) is 0 Å². The zero-order valence-corrected chi connectivity index (χ0v) is 19.4. The molecule has 1 saturated heterocycles. The van der Waals surface area contributed by atoms with Gasteiger partial charge in [0.25, 0.3) is 0 Å². The lowest BCUT2D eigenvalue weighted by Gasteiger charge is -2.28. The van der Waals surface area contributed by atoms with E-state index in [1.807, 2.05) is 12.1 Å². The fraction of sp³-hybridized carbons (Fsp3) is 0.375. The lowest BCUT2D eigenvalue weighted by molar-refractivity contribution is -0.118. The third kappa shape index (κ3) is 5.49. The quantitative estimate of drug-likeness (QED) is 0.529. The van der Waals surface area contributed by atoms with E-state index >= 15 is 0 Å². The maximum atomic E-state index is 12.4. The number of aryl methyl sites for hydroxylation is 1. The lowest BCUT2D eigenvalue weighted by atomic mass is 10.1. The van der Waals surface area contributed by atoms with Crippen molar-refractivity contribution < 1.29 is 9.53 Å². The molecule has 0 saturated carbocycles. The van der Waals surface area contributed by atoms with Gasteiger partial charge in [0.05, 0.1) is 19.0 Å². The average molecular weight is 452 g/mol. The molecule has 2 aromatic carbocycles. The summed E-state index contributed by atoms with van der Waals surface area (Å²) in [5, 5.41) is 12.4. The number of morpholine rings is 1. The average Bonchev–Trinajstić information content (AvgIpc) is 3.25. The topological polar surface area (TPSA) is 72.3 Å². The Hall–Kier alpha value is -2.84. The molecule has 4 rings (SSSR count). The van der Waals surface area contributed by atoms with Gasteiger partial charge in [0.15, 0.2) is 11.0 Å². The van der Waals surface area contributed by atoms with Gasteiger partial charge in [-0.3, -0.25) is 4.79 Å². The Kier molecular flexibility index (Phi) is 7.44. The largest absolute Gasteiger partial charge is 0.378 e. The maximum Gasteiger partial charge on any atom is 0.230 e. The number of nitrogens with zero attached hydrogens (tertiary/aromatic N) is 4. The Morgan fingerprint density at radius 1 is 1.12 bits per heavy atom. The molecule has 168 valence electrons. The Bertz CT molecular complexity index is 1040. The Morgan fingerprint density at radius 2 is 1.91 bits per heavy atom. The number of aromatic nitrogens is 3. The van der Waals surface area contributed by atoms with Gasteiger partial charge >= 0.3 is 0 Å². The molecule has 1 aromatic heterocycles. The first kappa shape index (κ1) is 22.4. The molecule has 0 atom stereocenters. The second-order valence-corrected chi connectivity index (χ2v) is 8.69. The smallest absolute Gasteiger partial charge is 0.230 e. The number of benzene rings is 2. The van der Waals surface area contributed by atoms with E-state index in [9.17, 15) is 4.79 Å². The fourth-order valence-electron chi connectivity index (χ4n) is 3.71. The van der Waals surface area contributed by atoms with E-state index in [0.717, 1.165) is 55.0 Å². The predicted octanol–water partition coefficient (Wildman–Crippen LogP) is 3.52. The molecule has 32 heavy (non-hydrogen) atoms. The summed E-state index contributed by atoms with van der Waals surface area (Å²) in [6.07, 6.45) is 0. The molecule has 0 radical (unpaired) electrons. The molecular weight excluding hydrogens is 422 g/mol. The van der Waals surface area contributed by atoms with Crippen LogP contribution in [0.5, 0.6) is 0 Å². The minimum Gasteiger partial charge on any atom is -0.378 e. The fourth-order valence-corrected chi connectivity index (χ4v) is 4.54. The number of rotatable bonds is 8. The molecule has 1 amide bonds. The van der Waals surface area contributed by atoms with Gasteiger partial charge in [-0.25, -0.2) is 0 Å². The second kappa shape index (κ2) is 10.7. The zero-order valence-electron chi connectivity index (χ0n) is 18.6. The molecule has 2 heterocycles. The minimum absolute atomic E-state index is 0.0185. The van der Waals surface area contributed by atoms with Gasteiger partial charge in [0, 0.05) is 37.4 Å². The second-order valence-electron chi connectivity index (χ2n) is 7.75. The van der Waals surface area contributed by atoms with Crippen molar-refractivity contribution in [3.8, 4) is 11.4 Å². The van der Waals surface area contributed by atoms with Crippen LogP contribution in [0.25, 0.3) is 11.4 Å². The molecule has 1 N–H and O–H groups in total. The molecule has 0 aliphatic carbocycles. The summed E-state index contributed by atoms with van der Waals surface area (Å²) in [5.74, 6) is 1.12. The van der Waals surface area contributed by atoms with Gasteiger partial charge in [-0.1, -0.05) is 47.7 Å². The van der Waals surface area contributed by atoms with Crippen LogP contribution in [0, 0.1) is 6.92 Å². The van der Waals surface area contributed by atoms with Crippen molar-refractivity contribution in [1.82, 2.24) is 20.1 Å². The Balaban J connectivity index is 1.29. The van der Waals surface area contributed by atoms with E-state index < -0.39 is 0 Å². The Labute approximate surface area is 193 Å². The number of hydrogen-bond acceptors (Lipinski definition) is 6. The van der Waals surface area contributed by atoms with Crippen LogP contribution >= 0.6 is 11.8 Å². The van der Waals surface area contributed by atoms with E-state index in [1.165, 1.54) is 23.0 Å². The van der Waals surface area contributed by atoms with E-state index in [4.69, 9.17) is 4.74 Å². The summed E-state index contributed by atoms with van der Waals surface area (Å²) in [6.45, 7) is 8.76. The molecule has 0 bridgehead atoms. The van der Waals surface area contributed by atoms with Crippen molar-refractivity contribution in [2.24, 2.45) is 0 Å². The number of nitrogens with one attached hydrogen (secondary N) is 1. The van der Waals surface area contributed by atoms with Crippen molar-refractivity contribution >= 4 is 23.4 Å². The molecule has 1 fully saturated rings. The Morgan fingerprint density at radius 3 is 2.62 bits per heavy atom. The summed E-state index contributed by atoms with van der Waals surface area (Å²) >= 11 is 1.41. The zero-order chi connectivity index (χ0) is 22.3. The van der Waals surface area contributed by atoms with Crippen LogP contribution in [0.15, 0.2) is 53.7 Å². The molecule has 3 aromatic rings. The highest BCUT2D eigenvalue weighted by molar-refractivity contribution is 7.99. The van der Waals surface area contributed by atoms with Gasteiger partial charge in [-0.05, 0) is 37.6 Å². The van der Waals surface area contributed by atoms with Gasteiger partial charge in [0.2, 0.25) is 5.91 Å². The van der Waals surface area contributed by atoms with Crippen LogP contribution in [0.1, 0.15) is 18.1 Å². The summed E-state index contributed by atoms with van der Waals surface area (Å²) in [6, 6.07) is 16.6. The normalized spacial score (nSPS) is 13.9. The molecule has 7 nitrogen and oxygen atoms in total. The number of anilines is 1. The summed E-state index contributed by atoms with van der Waals surface area (Å²) in [5.41, 5.74) is 4.50. The first-order valence-electron chi connectivity index (χ1n) is 11.0. The van der Waals surface area contributed by atoms with Crippen molar-refractivity contribution in [1.29, 1.82) is 0 Å². The molecule has 1 aliphatic rings. The van der Waals surface area contributed by atoms with E-state index in [2.05, 4.69) is 75.2 Å². The number of ether oxygens (including phenoxy) is 1. The first-order valence-corrected chi connectivity index (χ1v) is 11.9. The molecule has 0 spiro atoms. The van der Waals surface area contributed by atoms with Gasteiger partial charge in [-0.2, -0.15) is 0 Å². The van der Waals surface area contributed by atoms with Gasteiger partial charge < -0.3 is 19.5 Å². The lowest BCUT2D eigenvalue weighted by Crippen LogP contribution is -2.36. The van der Waals surface area contributed by atoms with Crippen molar-refractivity contribution in [3.05, 3.63) is 59.7 Å². The third-order valence-electron chi connectivity index (χ3n) is 5.44. The van der Waals surface area contributed by atoms with Crippen LogP contribution in [0.4, 0.5) is 5.69 Å². The summed E-state index contributed by atoms with van der Waals surface area (Å²) in [7, 11) is 0. The van der Waals surface area contributed by atoms with Gasteiger partial charge in [0.1, 0.15) is 0 Å². The van der Waals surface area contributed by atoms with E-state index in [-0.39, 0.29) is 5.91 Å². The monoisotopic (exact) mass is 451 g/mol. The van der Waals surface area contributed by atoms with Crippen molar-refractivity contribution in [2.75, 3.05) is 37.0 Å². The standard InChI is InChI=1S/C24H29N5O2S/c1-3-29-23(20-6-4-5-18(2)15-20)26-27-24(29)32-17-22(30)25-16-19-7-9-21(10-8-19)28-11-13-31-14-12-28/h4-10,15H,3,11-14,16-17H2,1-2H3,(H,25,30). The molecule has 0 unspecified atom stereocenters. The predicted molar refractivity (Wildman–Crippen MR) is 128 cm³/mol. The highest BCUT2D eigenvalue weighted by Gasteiger charge is 2.15. The highest BCUT2D eigenvalue weighted by atomic mass is 32.2. The number of thioether (sulfide) groups is 1. The molecule has 1 aliphatic heterocycles.